The zero-order valence-corrected chi connectivity index (χ0v) is 22.9. The Morgan fingerprint density at radius 3 is 2.50 bits per heavy atom. The number of aryl methyl sites for hydroxylation is 1. The first kappa shape index (κ1) is 29.5. The van der Waals surface area contributed by atoms with Crippen LogP contribution in [-0.2, 0) is 27.6 Å². The van der Waals surface area contributed by atoms with Gasteiger partial charge in [0.1, 0.15) is 12.4 Å². The number of ether oxygens (including phenoxy) is 1. The number of aromatic nitrogens is 1. The van der Waals surface area contributed by atoms with Gasteiger partial charge < -0.3 is 9.84 Å². The van der Waals surface area contributed by atoms with Gasteiger partial charge in [-0.1, -0.05) is 37.6 Å². The topological polar surface area (TPSA) is 96.8 Å². The summed E-state index contributed by atoms with van der Waals surface area (Å²) in [5, 5.41) is 10.5. The van der Waals surface area contributed by atoms with Gasteiger partial charge in [0.05, 0.1) is 11.3 Å². The molecule has 3 aromatic rings. The van der Waals surface area contributed by atoms with Gasteiger partial charge >= 0.3 is 12.1 Å². The zero-order valence-electron chi connectivity index (χ0n) is 20.5. The molecule has 1 heterocycles. The van der Waals surface area contributed by atoms with Crippen LogP contribution in [-0.4, -0.2) is 31.0 Å². The van der Waals surface area contributed by atoms with Crippen molar-refractivity contribution in [2.24, 2.45) is 5.92 Å². The maximum atomic E-state index is 13.5. The number of carbonyl (C=O) groups is 1. The van der Waals surface area contributed by atoms with Crippen molar-refractivity contribution < 1.29 is 36.2 Å². The Labute approximate surface area is 227 Å². The van der Waals surface area contributed by atoms with Crippen LogP contribution >= 0.6 is 22.9 Å². The number of alkyl halides is 3. The normalized spacial score (nSPS) is 12.3. The summed E-state index contributed by atoms with van der Waals surface area (Å²) in [6, 6.07) is 7.21. The molecule has 0 spiro atoms. The minimum absolute atomic E-state index is 0.0337. The second kappa shape index (κ2) is 11.7. The molecule has 3 rings (SSSR count). The Morgan fingerprint density at radius 1 is 1.24 bits per heavy atom. The van der Waals surface area contributed by atoms with E-state index in [9.17, 15) is 26.4 Å². The Bertz CT molecular complexity index is 1450. The highest BCUT2D eigenvalue weighted by atomic mass is 35.5. The molecular formula is C25H24ClF3N2O5S2. The van der Waals surface area contributed by atoms with Crippen LogP contribution in [0.3, 0.4) is 0 Å². The van der Waals surface area contributed by atoms with Crippen molar-refractivity contribution in [1.82, 2.24) is 4.98 Å². The summed E-state index contributed by atoms with van der Waals surface area (Å²) in [7, 11) is -4.21. The maximum absolute atomic E-state index is 13.5. The lowest BCUT2D eigenvalue weighted by Gasteiger charge is -2.27. The van der Waals surface area contributed by atoms with Crippen LogP contribution in [0, 0.1) is 12.8 Å². The van der Waals surface area contributed by atoms with Gasteiger partial charge in [0, 0.05) is 34.3 Å². The number of hydrogen-bond acceptors (Lipinski definition) is 6. The number of nitrogens with zero attached hydrogens (tertiary/aromatic N) is 2. The highest BCUT2D eigenvalue weighted by Gasteiger charge is 2.35. The van der Waals surface area contributed by atoms with Gasteiger partial charge in [-0.15, -0.1) is 11.3 Å². The fourth-order valence-corrected chi connectivity index (χ4v) is 6.34. The van der Waals surface area contributed by atoms with E-state index in [-0.39, 0.29) is 39.9 Å². The van der Waals surface area contributed by atoms with Gasteiger partial charge in [-0.05, 0) is 48.7 Å². The number of sulfonamides is 1. The average Bonchev–Trinajstić information content (AvgIpc) is 3.27. The molecule has 1 aromatic heterocycles. The fourth-order valence-electron chi connectivity index (χ4n) is 3.32. The van der Waals surface area contributed by atoms with E-state index in [1.165, 1.54) is 18.2 Å². The molecule has 2 aromatic carbocycles. The Morgan fingerprint density at radius 2 is 1.95 bits per heavy atom. The molecule has 0 aliphatic rings. The second-order valence-electron chi connectivity index (χ2n) is 8.68. The average molecular weight is 589 g/mol. The molecule has 0 radical (unpaired) electrons. The highest BCUT2D eigenvalue weighted by molar-refractivity contribution is 7.94. The summed E-state index contributed by atoms with van der Waals surface area (Å²) >= 11 is 7.20. The predicted molar refractivity (Wildman–Crippen MR) is 140 cm³/mol. The van der Waals surface area contributed by atoms with Crippen molar-refractivity contribution in [2.75, 3.05) is 10.8 Å². The molecule has 0 unspecified atom stereocenters. The van der Waals surface area contributed by atoms with Gasteiger partial charge in [-0.2, -0.15) is 21.6 Å². The van der Waals surface area contributed by atoms with E-state index >= 15 is 0 Å². The van der Waals surface area contributed by atoms with Crippen LogP contribution in [0.2, 0.25) is 5.02 Å². The SMILES string of the molecule is Cc1csc(S(=O)(=O)N(CC(C)C)c2ccc(C(F)(F)F)cc2OCc2ccc(C=CC(=O)O)cc2Cl)n1. The van der Waals surface area contributed by atoms with E-state index < -0.39 is 27.7 Å². The van der Waals surface area contributed by atoms with Crippen LogP contribution in [0.25, 0.3) is 6.08 Å². The van der Waals surface area contributed by atoms with Crippen molar-refractivity contribution in [3.63, 3.8) is 0 Å². The van der Waals surface area contributed by atoms with Gasteiger partial charge in [-0.3, -0.25) is 4.31 Å². The summed E-state index contributed by atoms with van der Waals surface area (Å²) in [5.74, 6) is -1.62. The number of carboxylic acid groups (broad SMARTS) is 1. The molecule has 204 valence electrons. The second-order valence-corrected chi connectivity index (χ2v) is 12.0. The number of benzene rings is 2. The van der Waals surface area contributed by atoms with E-state index in [1.807, 2.05) is 0 Å². The minimum Gasteiger partial charge on any atom is -0.487 e. The highest BCUT2D eigenvalue weighted by Crippen LogP contribution is 2.40. The van der Waals surface area contributed by atoms with Crippen molar-refractivity contribution in [3.8, 4) is 5.75 Å². The Balaban J connectivity index is 2.04. The quantitative estimate of drug-likeness (QED) is 0.266. The first-order chi connectivity index (χ1) is 17.7. The van der Waals surface area contributed by atoms with Crippen LogP contribution in [0.1, 0.15) is 36.2 Å². The summed E-state index contributed by atoms with van der Waals surface area (Å²) in [4.78, 5) is 14.8. The van der Waals surface area contributed by atoms with Gasteiger partial charge in [0.25, 0.3) is 10.0 Å². The van der Waals surface area contributed by atoms with E-state index in [0.717, 1.165) is 39.9 Å². The lowest BCUT2D eigenvalue weighted by Crippen LogP contribution is -2.34. The number of aliphatic carboxylic acids is 1. The van der Waals surface area contributed by atoms with Crippen LogP contribution in [0.4, 0.5) is 18.9 Å². The molecule has 13 heteroatoms. The third kappa shape index (κ3) is 7.27. The molecule has 38 heavy (non-hydrogen) atoms. The maximum Gasteiger partial charge on any atom is 0.416 e. The molecule has 0 atom stereocenters. The van der Waals surface area contributed by atoms with Crippen molar-refractivity contribution in [1.29, 1.82) is 0 Å². The largest absolute Gasteiger partial charge is 0.487 e. The van der Waals surface area contributed by atoms with Gasteiger partial charge in [-0.25, -0.2) is 9.78 Å². The first-order valence-electron chi connectivity index (χ1n) is 11.2. The Hall–Kier alpha value is -3.09. The van der Waals surface area contributed by atoms with Crippen molar-refractivity contribution >= 4 is 50.7 Å². The zero-order chi connectivity index (χ0) is 28.3. The van der Waals surface area contributed by atoms with E-state index in [1.54, 1.807) is 32.2 Å². The van der Waals surface area contributed by atoms with E-state index in [0.29, 0.717) is 16.8 Å². The number of anilines is 1. The van der Waals surface area contributed by atoms with E-state index in [2.05, 4.69) is 4.98 Å². The Kier molecular flexibility index (Phi) is 9.11. The van der Waals surface area contributed by atoms with E-state index in [4.69, 9.17) is 21.4 Å². The molecule has 0 saturated carbocycles. The molecule has 0 fully saturated rings. The number of thiazole rings is 1. The summed E-state index contributed by atoms with van der Waals surface area (Å²) in [5.41, 5.74) is 0.309. The third-order valence-electron chi connectivity index (χ3n) is 5.07. The number of carboxylic acids is 1. The molecule has 0 bridgehead atoms. The van der Waals surface area contributed by atoms with Crippen molar-refractivity contribution in [3.05, 3.63) is 75.3 Å². The molecule has 7 nitrogen and oxygen atoms in total. The van der Waals surface area contributed by atoms with Crippen LogP contribution in [0.15, 0.2) is 52.2 Å². The minimum atomic E-state index is -4.69. The fraction of sp³-hybridized carbons (Fsp3) is 0.280. The summed E-state index contributed by atoms with van der Waals surface area (Å²) in [6.07, 6.45) is -2.43. The monoisotopic (exact) mass is 588 g/mol. The van der Waals surface area contributed by atoms with Crippen LogP contribution in [0.5, 0.6) is 5.75 Å². The van der Waals surface area contributed by atoms with Gasteiger partial charge in [0.15, 0.2) is 0 Å². The van der Waals surface area contributed by atoms with Crippen molar-refractivity contribution in [2.45, 2.75) is 37.9 Å². The molecule has 0 aliphatic carbocycles. The molecule has 1 N–H and O–H groups in total. The molecule has 0 saturated heterocycles. The first-order valence-corrected chi connectivity index (χ1v) is 13.9. The molecular weight excluding hydrogens is 565 g/mol. The third-order valence-corrected chi connectivity index (χ3v) is 8.56. The predicted octanol–water partition coefficient (Wildman–Crippen LogP) is 6.65. The lowest BCUT2D eigenvalue weighted by molar-refractivity contribution is -0.137. The lowest BCUT2D eigenvalue weighted by atomic mass is 10.1. The molecule has 0 amide bonds. The smallest absolute Gasteiger partial charge is 0.416 e. The molecule has 0 aliphatic heterocycles. The number of hydrogen-bond donors (Lipinski definition) is 1. The summed E-state index contributed by atoms with van der Waals surface area (Å²) < 4.78 is 74.3. The van der Waals surface area contributed by atoms with Gasteiger partial charge in [0.2, 0.25) is 4.34 Å². The standard InChI is InChI=1S/C25H24ClF3N2O5S2/c1-15(2)12-31(38(34,35)24-30-16(3)14-37-24)21-8-7-19(25(27,28)29)11-22(21)36-13-18-6-4-17(10-20(18)26)5-9-23(32)33/h4-11,14-15H,12-13H2,1-3H3,(H,32,33). The summed E-state index contributed by atoms with van der Waals surface area (Å²) in [6.45, 7) is 4.89. The number of halogens is 4. The number of rotatable bonds is 10. The van der Waals surface area contributed by atoms with Crippen LogP contribution < -0.4 is 9.04 Å².